The number of carbonyl (C=O) groups excluding carboxylic acids is 2. The van der Waals surface area contributed by atoms with Gasteiger partial charge < -0.3 is 23.1 Å². The number of benzene rings is 3. The molecule has 11 atom stereocenters. The van der Waals surface area contributed by atoms with Crippen LogP contribution in [0.25, 0.3) is 0 Å². The molecule has 0 amide bonds. The lowest BCUT2D eigenvalue weighted by molar-refractivity contribution is -0.162. The lowest BCUT2D eigenvalue weighted by Crippen LogP contribution is -2.68. The fourth-order valence-electron chi connectivity index (χ4n) is 11.3. The van der Waals surface area contributed by atoms with Gasteiger partial charge in [0, 0.05) is 11.8 Å². The number of allylic oxidation sites excluding steroid dienone is 1. The predicted octanol–water partition coefficient (Wildman–Crippen LogP) is 6.12. The summed E-state index contributed by atoms with van der Waals surface area (Å²) in [5.41, 5.74) is 2.31. The molecular formula is C43H50O7Si. The first-order valence-corrected chi connectivity index (χ1v) is 20.5. The summed E-state index contributed by atoms with van der Waals surface area (Å²) in [4.78, 5) is 28.8. The Morgan fingerprint density at radius 2 is 1.51 bits per heavy atom. The largest absolute Gasteiger partial charge is 0.497 e. The number of methoxy groups -OCH3 is 2. The highest BCUT2D eigenvalue weighted by Gasteiger charge is 2.71. The van der Waals surface area contributed by atoms with E-state index in [2.05, 4.69) is 62.4 Å². The van der Waals surface area contributed by atoms with Crippen molar-refractivity contribution in [2.24, 2.45) is 52.8 Å². The number of esters is 1. The Bertz CT molecular complexity index is 1770. The van der Waals surface area contributed by atoms with Gasteiger partial charge in [-0.1, -0.05) is 99.1 Å². The summed E-state index contributed by atoms with van der Waals surface area (Å²) in [6, 6.07) is 29.0. The number of Topliss-reactive ketones (excluding diaryl/α,β-unsaturated/α-hetero) is 1. The first kappa shape index (κ1) is 34.5. The molecule has 5 aliphatic rings. The van der Waals surface area contributed by atoms with Crippen LogP contribution in [-0.4, -0.2) is 53.3 Å². The number of fused-ring (bicyclic) bond motifs is 1. The highest BCUT2D eigenvalue weighted by atomic mass is 28.4. The molecule has 3 aromatic carbocycles. The highest BCUT2D eigenvalue weighted by Crippen LogP contribution is 2.68. The van der Waals surface area contributed by atoms with Gasteiger partial charge in [0.1, 0.15) is 11.5 Å². The van der Waals surface area contributed by atoms with Crippen molar-refractivity contribution in [2.45, 2.75) is 59.4 Å². The van der Waals surface area contributed by atoms with Crippen LogP contribution in [0.1, 0.15) is 46.1 Å². The lowest BCUT2D eigenvalue weighted by atomic mass is 9.55. The summed E-state index contributed by atoms with van der Waals surface area (Å²) in [5, 5.41) is 2.15. The molecule has 0 spiro atoms. The molecule has 1 heterocycles. The zero-order chi connectivity index (χ0) is 35.7. The molecule has 0 radical (unpaired) electrons. The summed E-state index contributed by atoms with van der Waals surface area (Å²) < 4.78 is 33.4. The summed E-state index contributed by atoms with van der Waals surface area (Å²) >= 11 is 0. The molecule has 4 aliphatic carbocycles. The number of ketones is 1. The van der Waals surface area contributed by atoms with Crippen molar-refractivity contribution in [2.75, 3.05) is 20.8 Å². The van der Waals surface area contributed by atoms with Crippen LogP contribution in [0.3, 0.4) is 0 Å². The number of hydrogen-bond acceptors (Lipinski definition) is 7. The SMILES string of the molecule is COC(=O)[C@H]1[C@H]2[C@H](OCc3ccc(OC)cc3)[C@H]3[C@H]4[C@H](O[Si](c5ccccc5)(c5ccccc5)OCC(=C5CC(C)C(=O)[C@]51C)[C@H]42)[C@H](C)C[C@@H]3C. The van der Waals surface area contributed by atoms with Gasteiger partial charge in [-0.05, 0) is 83.0 Å². The smallest absolute Gasteiger partial charge is 0.407 e. The monoisotopic (exact) mass is 706 g/mol. The minimum atomic E-state index is -3.29. The normalized spacial score (nSPS) is 36.5. The maximum atomic E-state index is 14.5. The second-order valence-corrected chi connectivity index (χ2v) is 18.9. The Balaban J connectivity index is 1.35. The molecule has 4 fully saturated rings. The molecule has 7 nitrogen and oxygen atoms in total. The van der Waals surface area contributed by atoms with Gasteiger partial charge in [0.25, 0.3) is 0 Å². The topological polar surface area (TPSA) is 80.3 Å². The van der Waals surface area contributed by atoms with Crippen molar-refractivity contribution >= 4 is 30.7 Å². The van der Waals surface area contributed by atoms with Crippen molar-refractivity contribution in [3.8, 4) is 5.75 Å². The number of carbonyl (C=O) groups is 2. The molecule has 8 heteroatoms. The van der Waals surface area contributed by atoms with Crippen LogP contribution in [-0.2, 0) is 34.5 Å². The van der Waals surface area contributed by atoms with Gasteiger partial charge >= 0.3 is 14.5 Å². The van der Waals surface area contributed by atoms with E-state index >= 15 is 0 Å². The average Bonchev–Trinajstić information content (AvgIpc) is 3.59. The van der Waals surface area contributed by atoms with Crippen molar-refractivity contribution in [1.29, 1.82) is 0 Å². The summed E-state index contributed by atoms with van der Waals surface area (Å²) in [7, 11) is -0.166. The van der Waals surface area contributed by atoms with E-state index in [1.54, 1.807) is 7.11 Å². The quantitative estimate of drug-likeness (QED) is 0.167. The Morgan fingerprint density at radius 1 is 0.863 bits per heavy atom. The maximum absolute atomic E-state index is 14.5. The molecule has 3 aromatic rings. The third-order valence-corrected chi connectivity index (χ3v) is 16.7. The standard InChI is InChI=1S/C43H50O7Si/c1-25-21-26(2)39-36-34(25)40(48-23-28-17-19-29(46-5)20-18-28)37-35(36)32(33-22-27(3)41(44)43(33,4)38(37)42(45)47-6)24-49-51(50-39,30-13-9-7-10-14-30)31-15-11-8-12-16-31/h7-20,25-27,34-40H,21-24H2,1-6H3/t25-,26+,27?,34+,35+,36+,37-,38+,39+,40+,43+/m0/s1. The molecule has 51 heavy (non-hydrogen) atoms. The first-order chi connectivity index (χ1) is 24.6. The van der Waals surface area contributed by atoms with Gasteiger partial charge in [-0.25, -0.2) is 0 Å². The van der Waals surface area contributed by atoms with Crippen LogP contribution in [0.4, 0.5) is 0 Å². The van der Waals surface area contributed by atoms with Crippen LogP contribution in [0.15, 0.2) is 96.1 Å². The van der Waals surface area contributed by atoms with Gasteiger partial charge in [0.05, 0.1) is 51.0 Å². The highest BCUT2D eigenvalue weighted by molar-refractivity contribution is 6.92. The second kappa shape index (κ2) is 13.1. The molecule has 0 aromatic heterocycles. The zero-order valence-electron chi connectivity index (χ0n) is 30.5. The fourth-order valence-corrected chi connectivity index (χ4v) is 14.7. The van der Waals surface area contributed by atoms with Crippen molar-refractivity contribution < 1.29 is 32.7 Å². The van der Waals surface area contributed by atoms with E-state index in [4.69, 9.17) is 23.1 Å². The number of ether oxygens (including phenoxy) is 3. The minimum absolute atomic E-state index is 0.0464. The predicted molar refractivity (Wildman–Crippen MR) is 197 cm³/mol. The van der Waals surface area contributed by atoms with Crippen LogP contribution < -0.4 is 15.1 Å². The molecule has 3 saturated carbocycles. The van der Waals surface area contributed by atoms with Crippen molar-refractivity contribution in [1.82, 2.24) is 0 Å². The maximum Gasteiger partial charge on any atom is 0.407 e. The van der Waals surface area contributed by atoms with Crippen LogP contribution in [0.2, 0.25) is 0 Å². The molecular weight excluding hydrogens is 657 g/mol. The molecule has 1 saturated heterocycles. The van der Waals surface area contributed by atoms with Crippen molar-refractivity contribution in [3.63, 3.8) is 0 Å². The van der Waals surface area contributed by atoms with Gasteiger partial charge in [0.15, 0.2) is 0 Å². The molecule has 8 rings (SSSR count). The van der Waals surface area contributed by atoms with Gasteiger partial charge in [-0.15, -0.1) is 0 Å². The molecule has 0 bridgehead atoms. The molecule has 1 unspecified atom stereocenters. The van der Waals surface area contributed by atoms with Crippen LogP contribution in [0.5, 0.6) is 5.75 Å². The van der Waals surface area contributed by atoms with E-state index in [9.17, 15) is 9.59 Å². The number of rotatable bonds is 7. The summed E-state index contributed by atoms with van der Waals surface area (Å²) in [6.07, 6.45) is 1.15. The van der Waals surface area contributed by atoms with E-state index in [0.29, 0.717) is 25.6 Å². The fraction of sp³-hybridized carbons (Fsp3) is 0.488. The second-order valence-electron chi connectivity index (χ2n) is 16.0. The van der Waals surface area contributed by atoms with Gasteiger partial charge in [-0.2, -0.15) is 0 Å². The van der Waals surface area contributed by atoms with Gasteiger partial charge in [0.2, 0.25) is 0 Å². The van der Waals surface area contributed by atoms with E-state index in [-0.39, 0.29) is 59.5 Å². The van der Waals surface area contributed by atoms with E-state index < -0.39 is 19.9 Å². The van der Waals surface area contributed by atoms with Crippen LogP contribution in [0, 0.1) is 52.8 Å². The Hall–Kier alpha value is -3.56. The van der Waals surface area contributed by atoms with E-state index in [0.717, 1.165) is 33.7 Å². The molecule has 1 aliphatic heterocycles. The third-order valence-electron chi connectivity index (χ3n) is 13.4. The zero-order valence-corrected chi connectivity index (χ0v) is 31.5. The average molecular weight is 707 g/mol. The molecule has 268 valence electrons. The van der Waals surface area contributed by atoms with Crippen molar-refractivity contribution in [3.05, 3.63) is 102 Å². The minimum Gasteiger partial charge on any atom is -0.497 e. The first-order valence-electron chi connectivity index (χ1n) is 18.7. The van der Waals surface area contributed by atoms with E-state index in [1.807, 2.05) is 50.2 Å². The third kappa shape index (κ3) is 5.23. The van der Waals surface area contributed by atoms with Crippen LogP contribution >= 0.6 is 0 Å². The van der Waals surface area contributed by atoms with E-state index in [1.165, 1.54) is 12.7 Å². The molecule has 0 N–H and O–H groups in total. The van der Waals surface area contributed by atoms with Gasteiger partial charge in [-0.3, -0.25) is 9.59 Å². The lowest BCUT2D eigenvalue weighted by Gasteiger charge is -2.52. The summed E-state index contributed by atoms with van der Waals surface area (Å²) in [5.74, 6) is 0.134. The number of hydrogen-bond donors (Lipinski definition) is 0. The Labute approximate surface area is 302 Å². The Morgan fingerprint density at radius 3 is 2.12 bits per heavy atom. The Kier molecular flexibility index (Phi) is 8.89. The summed E-state index contributed by atoms with van der Waals surface area (Å²) in [6.45, 7) is 9.44.